The molecule has 0 atom stereocenters. The zero-order valence-corrected chi connectivity index (χ0v) is 8.73. The minimum Gasteiger partial charge on any atom is -0.339 e. The summed E-state index contributed by atoms with van der Waals surface area (Å²) in [6.45, 7) is 3.79. The fraction of sp³-hybridized carbons (Fsp3) is 0.300. The first kappa shape index (κ1) is 9.79. The number of hydrogen-bond acceptors (Lipinski definition) is 4. The zero-order valence-electron chi connectivity index (χ0n) is 8.73. The second-order valence-electron chi connectivity index (χ2n) is 3.96. The second-order valence-corrected chi connectivity index (χ2v) is 3.96. The van der Waals surface area contributed by atoms with Gasteiger partial charge in [-0.3, -0.25) is 9.97 Å². The van der Waals surface area contributed by atoms with E-state index in [1.54, 1.807) is 24.8 Å². The molecular formula is C10H13N5. The number of aromatic amines is 1. The summed E-state index contributed by atoms with van der Waals surface area (Å²) in [5, 5.41) is 0. The van der Waals surface area contributed by atoms with Crippen LogP contribution in [0.1, 0.15) is 19.7 Å². The van der Waals surface area contributed by atoms with E-state index in [9.17, 15) is 0 Å². The van der Waals surface area contributed by atoms with Gasteiger partial charge < -0.3 is 10.7 Å². The largest absolute Gasteiger partial charge is 0.339 e. The van der Waals surface area contributed by atoms with Gasteiger partial charge in [-0.15, -0.1) is 0 Å². The van der Waals surface area contributed by atoms with Crippen molar-refractivity contribution in [2.24, 2.45) is 5.73 Å². The van der Waals surface area contributed by atoms with E-state index < -0.39 is 5.54 Å². The molecule has 0 aliphatic carbocycles. The van der Waals surface area contributed by atoms with Gasteiger partial charge in [-0.2, -0.15) is 0 Å². The van der Waals surface area contributed by atoms with Gasteiger partial charge in [0.15, 0.2) is 0 Å². The van der Waals surface area contributed by atoms with Crippen molar-refractivity contribution in [2.75, 3.05) is 0 Å². The molecule has 78 valence electrons. The standard InChI is InChI=1S/C10H13N5/c1-10(2,11)9-14-6-8(15-9)7-5-12-3-4-13-7/h3-6H,11H2,1-2H3,(H,14,15). The molecule has 5 heteroatoms. The van der Waals surface area contributed by atoms with E-state index in [1.807, 2.05) is 13.8 Å². The van der Waals surface area contributed by atoms with E-state index in [0.717, 1.165) is 17.2 Å². The number of aromatic nitrogens is 4. The molecule has 0 radical (unpaired) electrons. The first-order valence-corrected chi connectivity index (χ1v) is 4.68. The van der Waals surface area contributed by atoms with Crippen LogP contribution in [0, 0.1) is 0 Å². The summed E-state index contributed by atoms with van der Waals surface area (Å²) in [6, 6.07) is 0. The summed E-state index contributed by atoms with van der Waals surface area (Å²) >= 11 is 0. The maximum Gasteiger partial charge on any atom is 0.126 e. The van der Waals surface area contributed by atoms with Crippen LogP contribution in [0.3, 0.4) is 0 Å². The molecular weight excluding hydrogens is 190 g/mol. The van der Waals surface area contributed by atoms with Gasteiger partial charge in [-0.05, 0) is 13.8 Å². The van der Waals surface area contributed by atoms with Crippen molar-refractivity contribution in [1.82, 2.24) is 19.9 Å². The first-order chi connectivity index (χ1) is 7.07. The third-order valence-electron chi connectivity index (χ3n) is 2.03. The van der Waals surface area contributed by atoms with E-state index in [-0.39, 0.29) is 0 Å². The monoisotopic (exact) mass is 203 g/mol. The van der Waals surface area contributed by atoms with Gasteiger partial charge in [-0.25, -0.2) is 4.98 Å². The average Bonchev–Trinajstić information content (AvgIpc) is 2.67. The Morgan fingerprint density at radius 2 is 2.00 bits per heavy atom. The molecule has 3 N–H and O–H groups in total. The van der Waals surface area contributed by atoms with Crippen LogP contribution in [0.2, 0.25) is 0 Å². The number of nitrogens with one attached hydrogen (secondary N) is 1. The van der Waals surface area contributed by atoms with Gasteiger partial charge in [0, 0.05) is 12.4 Å². The molecule has 5 nitrogen and oxygen atoms in total. The fourth-order valence-electron chi connectivity index (χ4n) is 1.22. The van der Waals surface area contributed by atoms with Gasteiger partial charge in [0.05, 0.1) is 23.6 Å². The van der Waals surface area contributed by atoms with Crippen LogP contribution in [-0.2, 0) is 5.54 Å². The lowest BCUT2D eigenvalue weighted by Crippen LogP contribution is -2.30. The van der Waals surface area contributed by atoms with Crippen LogP contribution in [-0.4, -0.2) is 19.9 Å². The highest BCUT2D eigenvalue weighted by Gasteiger charge is 2.18. The third-order valence-corrected chi connectivity index (χ3v) is 2.03. The van der Waals surface area contributed by atoms with Crippen molar-refractivity contribution in [3.05, 3.63) is 30.6 Å². The van der Waals surface area contributed by atoms with E-state index in [0.29, 0.717) is 0 Å². The Labute approximate surface area is 87.8 Å². The van der Waals surface area contributed by atoms with Crippen LogP contribution in [0.25, 0.3) is 11.4 Å². The average molecular weight is 203 g/mol. The van der Waals surface area contributed by atoms with Crippen LogP contribution in [0.5, 0.6) is 0 Å². The molecule has 0 amide bonds. The number of rotatable bonds is 2. The second kappa shape index (κ2) is 3.43. The molecule has 2 aromatic rings. The fourth-order valence-corrected chi connectivity index (χ4v) is 1.22. The topological polar surface area (TPSA) is 80.5 Å². The van der Waals surface area contributed by atoms with Crippen LogP contribution < -0.4 is 5.73 Å². The lowest BCUT2D eigenvalue weighted by atomic mass is 10.1. The number of imidazole rings is 1. The lowest BCUT2D eigenvalue weighted by molar-refractivity contribution is 0.520. The van der Waals surface area contributed by atoms with Crippen molar-refractivity contribution in [3.8, 4) is 11.4 Å². The van der Waals surface area contributed by atoms with Gasteiger partial charge in [-0.1, -0.05) is 0 Å². The summed E-state index contributed by atoms with van der Waals surface area (Å²) in [7, 11) is 0. The Morgan fingerprint density at radius 1 is 1.20 bits per heavy atom. The molecule has 0 aliphatic rings. The number of H-pyrrole nitrogens is 1. The van der Waals surface area contributed by atoms with E-state index in [4.69, 9.17) is 5.73 Å². The Kier molecular flexibility index (Phi) is 2.24. The summed E-state index contributed by atoms with van der Waals surface area (Å²) < 4.78 is 0. The highest BCUT2D eigenvalue weighted by molar-refractivity contribution is 5.51. The first-order valence-electron chi connectivity index (χ1n) is 4.68. The lowest BCUT2D eigenvalue weighted by Gasteiger charge is -2.14. The predicted octanol–water partition coefficient (Wildman–Crippen LogP) is 1.06. The highest BCUT2D eigenvalue weighted by atomic mass is 15.0. The maximum atomic E-state index is 5.92. The van der Waals surface area contributed by atoms with Crippen LogP contribution >= 0.6 is 0 Å². The number of nitrogens with zero attached hydrogens (tertiary/aromatic N) is 3. The summed E-state index contributed by atoms with van der Waals surface area (Å²) in [4.78, 5) is 15.5. The Hall–Kier alpha value is -1.75. The highest BCUT2D eigenvalue weighted by Crippen LogP contribution is 2.17. The normalized spacial score (nSPS) is 11.7. The quantitative estimate of drug-likeness (QED) is 0.764. The van der Waals surface area contributed by atoms with E-state index >= 15 is 0 Å². The molecule has 2 rings (SSSR count). The van der Waals surface area contributed by atoms with Crippen LogP contribution in [0.15, 0.2) is 24.8 Å². The van der Waals surface area contributed by atoms with Gasteiger partial charge >= 0.3 is 0 Å². The molecule has 0 spiro atoms. The maximum absolute atomic E-state index is 5.92. The minimum atomic E-state index is -0.472. The Bertz CT molecular complexity index is 440. The SMILES string of the molecule is CC(C)(N)c1ncc(-c2cnccn2)[nH]1. The molecule has 0 saturated heterocycles. The Balaban J connectivity index is 2.37. The molecule has 0 aliphatic heterocycles. The van der Waals surface area contributed by atoms with Crippen molar-refractivity contribution in [2.45, 2.75) is 19.4 Å². The summed E-state index contributed by atoms with van der Waals surface area (Å²) in [5.74, 6) is 0.739. The number of hydrogen-bond donors (Lipinski definition) is 2. The van der Waals surface area contributed by atoms with Crippen molar-refractivity contribution in [3.63, 3.8) is 0 Å². The third kappa shape index (κ3) is 2.02. The predicted molar refractivity (Wildman–Crippen MR) is 56.8 cm³/mol. The molecule has 2 heterocycles. The van der Waals surface area contributed by atoms with Crippen molar-refractivity contribution >= 4 is 0 Å². The van der Waals surface area contributed by atoms with Crippen molar-refractivity contribution < 1.29 is 0 Å². The summed E-state index contributed by atoms with van der Waals surface area (Å²) in [5.41, 5.74) is 7.04. The zero-order chi connectivity index (χ0) is 10.9. The smallest absolute Gasteiger partial charge is 0.126 e. The van der Waals surface area contributed by atoms with Crippen molar-refractivity contribution in [1.29, 1.82) is 0 Å². The molecule has 0 saturated carbocycles. The van der Waals surface area contributed by atoms with E-state index in [1.165, 1.54) is 0 Å². The molecule has 2 aromatic heterocycles. The molecule has 15 heavy (non-hydrogen) atoms. The number of nitrogens with two attached hydrogens (primary N) is 1. The van der Waals surface area contributed by atoms with Crippen LogP contribution in [0.4, 0.5) is 0 Å². The molecule has 0 fully saturated rings. The minimum absolute atomic E-state index is 0.472. The Morgan fingerprint density at radius 3 is 2.53 bits per heavy atom. The molecule has 0 aromatic carbocycles. The van der Waals surface area contributed by atoms with Gasteiger partial charge in [0.25, 0.3) is 0 Å². The molecule has 0 unspecified atom stereocenters. The van der Waals surface area contributed by atoms with E-state index in [2.05, 4.69) is 19.9 Å². The van der Waals surface area contributed by atoms with Gasteiger partial charge in [0.2, 0.25) is 0 Å². The summed E-state index contributed by atoms with van der Waals surface area (Å²) in [6.07, 6.45) is 6.67. The molecule has 0 bridgehead atoms. The van der Waals surface area contributed by atoms with Gasteiger partial charge in [0.1, 0.15) is 11.5 Å².